The third-order valence-corrected chi connectivity index (χ3v) is 4.60. The summed E-state index contributed by atoms with van der Waals surface area (Å²) in [5, 5.41) is 0. The lowest BCUT2D eigenvalue weighted by molar-refractivity contribution is 0.0468. The predicted molar refractivity (Wildman–Crippen MR) is 104 cm³/mol. The number of hydrogen-bond acceptors (Lipinski definition) is 6. The highest BCUT2D eigenvalue weighted by Gasteiger charge is 2.12. The second-order valence-corrected chi connectivity index (χ2v) is 6.62. The molecule has 0 radical (unpaired) electrons. The monoisotopic (exact) mass is 374 g/mol. The Bertz CT molecular complexity index is 1290. The first-order valence-electron chi connectivity index (χ1n) is 8.83. The SMILES string of the molecule is Cc1nc2ccc(C(=O)OCc3cc(=O)n4c(C)cccc4n3)cc2nc1C. The molecule has 0 atom stereocenters. The number of hydrogen-bond donors (Lipinski definition) is 0. The van der Waals surface area contributed by atoms with Crippen LogP contribution in [0.1, 0.15) is 33.1 Å². The molecule has 0 bridgehead atoms. The maximum absolute atomic E-state index is 12.4. The van der Waals surface area contributed by atoms with Crippen molar-refractivity contribution in [2.45, 2.75) is 27.4 Å². The van der Waals surface area contributed by atoms with Crippen molar-refractivity contribution in [1.29, 1.82) is 0 Å². The van der Waals surface area contributed by atoms with E-state index in [-0.39, 0.29) is 12.2 Å². The van der Waals surface area contributed by atoms with E-state index in [1.807, 2.05) is 32.9 Å². The first-order valence-corrected chi connectivity index (χ1v) is 8.83. The topological polar surface area (TPSA) is 86.5 Å². The summed E-state index contributed by atoms with van der Waals surface area (Å²) in [5.74, 6) is -0.506. The molecular formula is C21H18N4O3. The number of fused-ring (bicyclic) bond motifs is 2. The van der Waals surface area contributed by atoms with Crippen molar-refractivity contribution < 1.29 is 9.53 Å². The van der Waals surface area contributed by atoms with E-state index >= 15 is 0 Å². The number of esters is 1. The van der Waals surface area contributed by atoms with Gasteiger partial charge in [-0.25, -0.2) is 19.7 Å². The minimum Gasteiger partial charge on any atom is -0.456 e. The Hall–Kier alpha value is -3.61. The smallest absolute Gasteiger partial charge is 0.338 e. The van der Waals surface area contributed by atoms with Gasteiger partial charge in [0.15, 0.2) is 0 Å². The van der Waals surface area contributed by atoms with Crippen LogP contribution in [0.25, 0.3) is 16.7 Å². The van der Waals surface area contributed by atoms with Crippen LogP contribution in [0.2, 0.25) is 0 Å². The molecule has 3 heterocycles. The van der Waals surface area contributed by atoms with Gasteiger partial charge in [0.25, 0.3) is 5.56 Å². The van der Waals surface area contributed by atoms with Crippen LogP contribution < -0.4 is 5.56 Å². The van der Waals surface area contributed by atoms with Crippen molar-refractivity contribution >= 4 is 22.6 Å². The zero-order valence-corrected chi connectivity index (χ0v) is 15.8. The first kappa shape index (κ1) is 17.8. The lowest BCUT2D eigenvalue weighted by atomic mass is 10.2. The number of pyridine rings is 1. The molecule has 0 amide bonds. The summed E-state index contributed by atoms with van der Waals surface area (Å²) in [6.45, 7) is 5.51. The molecule has 140 valence electrons. The summed E-state index contributed by atoms with van der Waals surface area (Å²) in [6.07, 6.45) is 0. The molecule has 0 saturated carbocycles. The molecular weight excluding hydrogens is 356 g/mol. The molecule has 1 aromatic carbocycles. The summed E-state index contributed by atoms with van der Waals surface area (Å²) in [7, 11) is 0. The van der Waals surface area contributed by atoms with Gasteiger partial charge in [-0.1, -0.05) is 6.07 Å². The summed E-state index contributed by atoms with van der Waals surface area (Å²) < 4.78 is 6.86. The number of rotatable bonds is 3. The highest BCUT2D eigenvalue weighted by atomic mass is 16.5. The van der Waals surface area contributed by atoms with E-state index in [0.717, 1.165) is 22.6 Å². The molecule has 7 heteroatoms. The maximum atomic E-state index is 12.4. The van der Waals surface area contributed by atoms with Crippen molar-refractivity contribution in [3.63, 3.8) is 0 Å². The van der Waals surface area contributed by atoms with Crippen molar-refractivity contribution in [3.05, 3.63) is 81.2 Å². The zero-order chi connectivity index (χ0) is 19.8. The molecule has 0 fully saturated rings. The van der Waals surface area contributed by atoms with Gasteiger partial charge in [0.05, 0.1) is 33.7 Å². The van der Waals surface area contributed by atoms with Crippen LogP contribution in [-0.4, -0.2) is 25.3 Å². The number of nitrogens with zero attached hydrogens (tertiary/aromatic N) is 4. The van der Waals surface area contributed by atoms with E-state index in [1.54, 1.807) is 24.3 Å². The number of aryl methyl sites for hydroxylation is 3. The second-order valence-electron chi connectivity index (χ2n) is 6.62. The van der Waals surface area contributed by atoms with Crippen LogP contribution in [0.4, 0.5) is 0 Å². The van der Waals surface area contributed by atoms with Gasteiger partial charge in [-0.05, 0) is 51.1 Å². The van der Waals surface area contributed by atoms with Gasteiger partial charge in [-0.3, -0.25) is 9.20 Å². The number of carbonyl (C=O) groups excluding carboxylic acids is 1. The van der Waals surface area contributed by atoms with E-state index in [1.165, 1.54) is 10.5 Å². The van der Waals surface area contributed by atoms with Gasteiger partial charge >= 0.3 is 5.97 Å². The molecule has 0 aliphatic carbocycles. The van der Waals surface area contributed by atoms with Crippen LogP contribution >= 0.6 is 0 Å². The quantitative estimate of drug-likeness (QED) is 0.513. The van der Waals surface area contributed by atoms with Crippen molar-refractivity contribution in [3.8, 4) is 0 Å². The molecule has 28 heavy (non-hydrogen) atoms. The highest BCUT2D eigenvalue weighted by Crippen LogP contribution is 2.15. The van der Waals surface area contributed by atoms with Crippen LogP contribution in [-0.2, 0) is 11.3 Å². The van der Waals surface area contributed by atoms with Gasteiger partial charge in [0.1, 0.15) is 12.3 Å². The summed E-state index contributed by atoms with van der Waals surface area (Å²) >= 11 is 0. The minimum atomic E-state index is -0.506. The molecule has 7 nitrogen and oxygen atoms in total. The molecule has 3 aromatic heterocycles. The summed E-state index contributed by atoms with van der Waals surface area (Å²) in [6, 6.07) is 11.8. The number of ether oxygens (including phenoxy) is 1. The fourth-order valence-electron chi connectivity index (χ4n) is 3.02. The molecule has 0 N–H and O–H groups in total. The fraction of sp³-hybridized carbons (Fsp3) is 0.190. The lowest BCUT2D eigenvalue weighted by Gasteiger charge is -2.08. The highest BCUT2D eigenvalue weighted by molar-refractivity contribution is 5.93. The molecule has 0 unspecified atom stereocenters. The normalized spacial score (nSPS) is 11.1. The van der Waals surface area contributed by atoms with Crippen molar-refractivity contribution in [2.24, 2.45) is 0 Å². The van der Waals surface area contributed by atoms with E-state index in [2.05, 4.69) is 15.0 Å². The Morgan fingerprint density at radius 2 is 1.71 bits per heavy atom. The van der Waals surface area contributed by atoms with Crippen LogP contribution in [0.15, 0.2) is 47.3 Å². The maximum Gasteiger partial charge on any atom is 0.338 e. The van der Waals surface area contributed by atoms with Crippen LogP contribution in [0.3, 0.4) is 0 Å². The zero-order valence-electron chi connectivity index (χ0n) is 15.8. The Kier molecular flexibility index (Phi) is 4.35. The third kappa shape index (κ3) is 3.22. The minimum absolute atomic E-state index is 0.0881. The number of benzene rings is 1. The van der Waals surface area contributed by atoms with Crippen molar-refractivity contribution in [1.82, 2.24) is 19.4 Å². The Morgan fingerprint density at radius 1 is 0.964 bits per heavy atom. The Morgan fingerprint density at radius 3 is 2.50 bits per heavy atom. The van der Waals surface area contributed by atoms with E-state index in [0.29, 0.717) is 22.4 Å². The van der Waals surface area contributed by atoms with E-state index < -0.39 is 5.97 Å². The molecule has 0 spiro atoms. The van der Waals surface area contributed by atoms with Gasteiger partial charge in [0.2, 0.25) is 0 Å². The average molecular weight is 374 g/mol. The summed E-state index contributed by atoms with van der Waals surface area (Å²) in [4.78, 5) is 38.1. The first-order chi connectivity index (χ1) is 13.4. The standard InChI is InChI=1S/C21H18N4O3/c1-12-5-4-6-19-24-16(10-20(26)25(12)19)11-28-21(27)15-7-8-17-18(9-15)23-14(3)13(2)22-17/h4-10H,11H2,1-3H3. The summed E-state index contributed by atoms with van der Waals surface area (Å²) in [5.41, 5.74) is 4.90. The lowest BCUT2D eigenvalue weighted by Crippen LogP contribution is -2.18. The largest absolute Gasteiger partial charge is 0.456 e. The molecule has 0 aliphatic rings. The molecule has 4 aromatic rings. The van der Waals surface area contributed by atoms with Crippen LogP contribution in [0.5, 0.6) is 0 Å². The van der Waals surface area contributed by atoms with Gasteiger partial charge in [-0.2, -0.15) is 0 Å². The Labute approximate surface area is 160 Å². The van der Waals surface area contributed by atoms with Crippen molar-refractivity contribution in [2.75, 3.05) is 0 Å². The van der Waals surface area contributed by atoms with Gasteiger partial charge in [0, 0.05) is 11.8 Å². The Balaban J connectivity index is 1.57. The van der Waals surface area contributed by atoms with E-state index in [9.17, 15) is 9.59 Å². The second kappa shape index (κ2) is 6.84. The number of aromatic nitrogens is 4. The van der Waals surface area contributed by atoms with Crippen LogP contribution in [0, 0.1) is 20.8 Å². The number of carbonyl (C=O) groups is 1. The molecule has 0 saturated heterocycles. The van der Waals surface area contributed by atoms with Gasteiger partial charge < -0.3 is 4.74 Å². The van der Waals surface area contributed by atoms with E-state index in [4.69, 9.17) is 4.74 Å². The van der Waals surface area contributed by atoms with Gasteiger partial charge in [-0.15, -0.1) is 0 Å². The predicted octanol–water partition coefficient (Wildman–Crippen LogP) is 2.92. The third-order valence-electron chi connectivity index (χ3n) is 4.60. The fourth-order valence-corrected chi connectivity index (χ4v) is 3.02. The average Bonchev–Trinajstić information content (AvgIpc) is 2.66. The molecule has 4 rings (SSSR count). The molecule has 0 aliphatic heterocycles.